The molecule has 0 aromatic heterocycles. The van der Waals surface area contributed by atoms with Crippen LogP contribution in [0, 0.1) is 11.3 Å². The Morgan fingerprint density at radius 3 is 2.20 bits per heavy atom. The molecule has 1 saturated heterocycles. The Bertz CT molecular complexity index is 108. The zero-order chi connectivity index (χ0) is 7.61. The van der Waals surface area contributed by atoms with Crippen molar-refractivity contribution in [2.75, 3.05) is 26.8 Å². The number of methoxy groups -OCH3 is 1. The monoisotopic (exact) mass is 143 g/mol. The fourth-order valence-electron chi connectivity index (χ4n) is 1.41. The number of hydrogen-bond acceptors (Lipinski definition) is 2. The molecule has 1 aliphatic heterocycles. The van der Waals surface area contributed by atoms with Crippen LogP contribution < -0.4 is 5.32 Å². The van der Waals surface area contributed by atoms with Gasteiger partial charge in [0.15, 0.2) is 0 Å². The van der Waals surface area contributed by atoms with Gasteiger partial charge >= 0.3 is 0 Å². The first kappa shape index (κ1) is 8.02. The lowest BCUT2D eigenvalue weighted by atomic mass is 9.73. The van der Waals surface area contributed by atoms with Crippen molar-refractivity contribution in [1.82, 2.24) is 5.32 Å². The molecule has 0 unspecified atom stereocenters. The highest BCUT2D eigenvalue weighted by Gasteiger charge is 2.39. The van der Waals surface area contributed by atoms with Crippen LogP contribution in [-0.4, -0.2) is 26.8 Å². The summed E-state index contributed by atoms with van der Waals surface area (Å²) in [4.78, 5) is 0. The second-order valence-corrected chi connectivity index (χ2v) is 3.55. The van der Waals surface area contributed by atoms with Gasteiger partial charge in [0, 0.05) is 25.6 Å². The molecular formula is C8H17NO. The number of ether oxygens (including phenoxy) is 1. The molecular weight excluding hydrogens is 126 g/mol. The second kappa shape index (κ2) is 2.89. The zero-order valence-corrected chi connectivity index (χ0v) is 7.11. The largest absolute Gasteiger partial charge is 0.384 e. The van der Waals surface area contributed by atoms with Gasteiger partial charge in [-0.2, -0.15) is 0 Å². The average Bonchev–Trinajstić information content (AvgIpc) is 1.77. The standard InChI is InChI=1S/C8H17NO/c1-7(2)8(6-10-3)4-9-5-8/h7,9H,4-6H2,1-3H3. The minimum absolute atomic E-state index is 0.439. The van der Waals surface area contributed by atoms with E-state index in [2.05, 4.69) is 19.2 Å². The third kappa shape index (κ3) is 1.18. The van der Waals surface area contributed by atoms with Crippen LogP contribution in [0.15, 0.2) is 0 Å². The van der Waals surface area contributed by atoms with Crippen molar-refractivity contribution in [2.24, 2.45) is 11.3 Å². The van der Waals surface area contributed by atoms with E-state index in [0.717, 1.165) is 25.6 Å². The SMILES string of the molecule is COCC1(C(C)C)CNC1. The van der Waals surface area contributed by atoms with Gasteiger partial charge in [0.1, 0.15) is 0 Å². The van der Waals surface area contributed by atoms with Crippen LogP contribution >= 0.6 is 0 Å². The van der Waals surface area contributed by atoms with Gasteiger partial charge in [-0.25, -0.2) is 0 Å². The minimum atomic E-state index is 0.439. The lowest BCUT2D eigenvalue weighted by molar-refractivity contribution is 0.000788. The molecule has 1 aliphatic rings. The van der Waals surface area contributed by atoms with E-state index in [1.54, 1.807) is 7.11 Å². The molecule has 0 aliphatic carbocycles. The predicted octanol–water partition coefficient (Wildman–Crippen LogP) is 0.878. The number of rotatable bonds is 3. The van der Waals surface area contributed by atoms with Gasteiger partial charge < -0.3 is 10.1 Å². The Hall–Kier alpha value is -0.0800. The van der Waals surface area contributed by atoms with Gasteiger partial charge in [0.25, 0.3) is 0 Å². The molecule has 0 aromatic rings. The van der Waals surface area contributed by atoms with E-state index in [-0.39, 0.29) is 0 Å². The summed E-state index contributed by atoms with van der Waals surface area (Å²) in [6, 6.07) is 0. The van der Waals surface area contributed by atoms with Crippen LogP contribution in [0.5, 0.6) is 0 Å². The van der Waals surface area contributed by atoms with Crippen molar-refractivity contribution in [2.45, 2.75) is 13.8 Å². The summed E-state index contributed by atoms with van der Waals surface area (Å²) in [7, 11) is 1.78. The fourth-order valence-corrected chi connectivity index (χ4v) is 1.41. The van der Waals surface area contributed by atoms with Crippen molar-refractivity contribution < 1.29 is 4.74 Å². The normalized spacial score (nSPS) is 22.8. The minimum Gasteiger partial charge on any atom is -0.384 e. The highest BCUT2D eigenvalue weighted by atomic mass is 16.5. The molecule has 0 radical (unpaired) electrons. The van der Waals surface area contributed by atoms with Crippen LogP contribution in [0.4, 0.5) is 0 Å². The third-order valence-electron chi connectivity index (χ3n) is 2.61. The lowest BCUT2D eigenvalue weighted by Gasteiger charge is -2.45. The van der Waals surface area contributed by atoms with Gasteiger partial charge in [0.05, 0.1) is 6.61 Å². The lowest BCUT2D eigenvalue weighted by Crippen LogP contribution is -2.58. The summed E-state index contributed by atoms with van der Waals surface area (Å²) < 4.78 is 5.17. The fraction of sp³-hybridized carbons (Fsp3) is 1.00. The molecule has 1 fully saturated rings. The molecule has 2 nitrogen and oxygen atoms in total. The predicted molar refractivity (Wildman–Crippen MR) is 42.0 cm³/mol. The van der Waals surface area contributed by atoms with E-state index in [1.165, 1.54) is 0 Å². The molecule has 1 rings (SSSR count). The smallest absolute Gasteiger partial charge is 0.0545 e. The molecule has 0 aromatic carbocycles. The third-order valence-corrected chi connectivity index (χ3v) is 2.61. The summed E-state index contributed by atoms with van der Waals surface area (Å²) in [6.07, 6.45) is 0. The maximum Gasteiger partial charge on any atom is 0.0545 e. The zero-order valence-electron chi connectivity index (χ0n) is 7.11. The van der Waals surface area contributed by atoms with E-state index in [0.29, 0.717) is 5.41 Å². The first-order valence-electron chi connectivity index (χ1n) is 3.91. The molecule has 10 heavy (non-hydrogen) atoms. The first-order valence-corrected chi connectivity index (χ1v) is 3.91. The Morgan fingerprint density at radius 2 is 2.10 bits per heavy atom. The van der Waals surface area contributed by atoms with E-state index >= 15 is 0 Å². The van der Waals surface area contributed by atoms with Crippen molar-refractivity contribution in [3.63, 3.8) is 0 Å². The molecule has 1 heterocycles. The molecule has 0 spiro atoms. The molecule has 60 valence electrons. The van der Waals surface area contributed by atoms with E-state index in [4.69, 9.17) is 4.74 Å². The molecule has 0 bridgehead atoms. The molecule has 2 heteroatoms. The van der Waals surface area contributed by atoms with Gasteiger partial charge in [-0.15, -0.1) is 0 Å². The first-order chi connectivity index (χ1) is 4.71. The van der Waals surface area contributed by atoms with Crippen LogP contribution in [0.1, 0.15) is 13.8 Å². The molecule has 0 atom stereocenters. The highest BCUT2D eigenvalue weighted by molar-refractivity contribution is 4.94. The topological polar surface area (TPSA) is 21.3 Å². The van der Waals surface area contributed by atoms with Crippen LogP contribution in [0.25, 0.3) is 0 Å². The second-order valence-electron chi connectivity index (χ2n) is 3.55. The average molecular weight is 143 g/mol. The van der Waals surface area contributed by atoms with Gasteiger partial charge in [-0.1, -0.05) is 13.8 Å². The Kier molecular flexibility index (Phi) is 2.32. The van der Waals surface area contributed by atoms with Crippen LogP contribution in [0.2, 0.25) is 0 Å². The quantitative estimate of drug-likeness (QED) is 0.633. The molecule has 0 saturated carbocycles. The van der Waals surface area contributed by atoms with E-state index < -0.39 is 0 Å². The van der Waals surface area contributed by atoms with Crippen molar-refractivity contribution in [3.8, 4) is 0 Å². The highest BCUT2D eigenvalue weighted by Crippen LogP contribution is 2.31. The Labute approximate surface area is 63.0 Å². The van der Waals surface area contributed by atoms with E-state index in [1.807, 2.05) is 0 Å². The summed E-state index contributed by atoms with van der Waals surface area (Å²) in [5.74, 6) is 0.730. The molecule has 1 N–H and O–H groups in total. The summed E-state index contributed by atoms with van der Waals surface area (Å²) in [5.41, 5.74) is 0.439. The van der Waals surface area contributed by atoms with Gasteiger partial charge in [-0.3, -0.25) is 0 Å². The molecule has 0 amide bonds. The maximum absolute atomic E-state index is 5.17. The van der Waals surface area contributed by atoms with Gasteiger partial charge in [-0.05, 0) is 5.92 Å². The van der Waals surface area contributed by atoms with Gasteiger partial charge in [0.2, 0.25) is 0 Å². The Morgan fingerprint density at radius 1 is 1.50 bits per heavy atom. The number of hydrogen-bond donors (Lipinski definition) is 1. The maximum atomic E-state index is 5.17. The van der Waals surface area contributed by atoms with Crippen LogP contribution in [-0.2, 0) is 4.74 Å². The Balaban J connectivity index is 2.42. The van der Waals surface area contributed by atoms with Crippen molar-refractivity contribution >= 4 is 0 Å². The van der Waals surface area contributed by atoms with Crippen molar-refractivity contribution in [1.29, 1.82) is 0 Å². The number of nitrogens with one attached hydrogen (secondary N) is 1. The summed E-state index contributed by atoms with van der Waals surface area (Å²) >= 11 is 0. The summed E-state index contributed by atoms with van der Waals surface area (Å²) in [5, 5.41) is 3.29. The van der Waals surface area contributed by atoms with Crippen molar-refractivity contribution in [3.05, 3.63) is 0 Å². The summed E-state index contributed by atoms with van der Waals surface area (Å²) in [6.45, 7) is 7.68. The van der Waals surface area contributed by atoms with E-state index in [9.17, 15) is 0 Å². The van der Waals surface area contributed by atoms with Crippen LogP contribution in [0.3, 0.4) is 0 Å².